The molecule has 0 unspecified atom stereocenters. The summed E-state index contributed by atoms with van der Waals surface area (Å²) >= 11 is 0. The van der Waals surface area contributed by atoms with Crippen molar-refractivity contribution in [2.24, 2.45) is 0 Å². The molecule has 0 amide bonds. The lowest BCUT2D eigenvalue weighted by Gasteiger charge is -2.21. The molecule has 0 bridgehead atoms. The van der Waals surface area contributed by atoms with Crippen LogP contribution < -0.4 is 10.6 Å². The third kappa shape index (κ3) is 3.07. The van der Waals surface area contributed by atoms with Crippen LogP contribution in [0.2, 0.25) is 0 Å². The third-order valence-corrected chi connectivity index (χ3v) is 3.55. The average Bonchev–Trinajstić information content (AvgIpc) is 3.10. The fourth-order valence-corrected chi connectivity index (χ4v) is 2.41. The second-order valence-electron chi connectivity index (χ2n) is 5.26. The summed E-state index contributed by atoms with van der Waals surface area (Å²) < 4.78 is 5.47. The molecule has 1 aliphatic heterocycles. The fourth-order valence-electron chi connectivity index (χ4n) is 2.41. The molecule has 1 fully saturated rings. The summed E-state index contributed by atoms with van der Waals surface area (Å²) in [5.74, 6) is 0.628. The molecule has 1 saturated heterocycles. The van der Waals surface area contributed by atoms with Gasteiger partial charge >= 0.3 is 0 Å². The highest BCUT2D eigenvalue weighted by atomic mass is 16.3. The lowest BCUT2D eigenvalue weighted by molar-refractivity contribution is 0.0608. The van der Waals surface area contributed by atoms with E-state index in [4.69, 9.17) is 4.42 Å². The van der Waals surface area contributed by atoms with E-state index in [9.17, 15) is 5.11 Å². The molecule has 2 heterocycles. The lowest BCUT2D eigenvalue weighted by Crippen LogP contribution is -2.42. The number of hydrogen-bond donors (Lipinski definition) is 3. The minimum Gasteiger partial charge on any atom is -0.444 e. The van der Waals surface area contributed by atoms with Crippen LogP contribution in [-0.2, 0) is 6.54 Å². The van der Waals surface area contributed by atoms with Gasteiger partial charge in [-0.3, -0.25) is 0 Å². The van der Waals surface area contributed by atoms with Crippen LogP contribution in [0.5, 0.6) is 0 Å². The molecule has 5 heteroatoms. The molecular formula is C15H19N3O2. The van der Waals surface area contributed by atoms with Crippen molar-refractivity contribution in [3.8, 4) is 11.5 Å². The van der Waals surface area contributed by atoms with Crippen molar-refractivity contribution in [3.05, 3.63) is 42.3 Å². The quantitative estimate of drug-likeness (QED) is 0.762. The van der Waals surface area contributed by atoms with Gasteiger partial charge in [-0.25, -0.2) is 4.98 Å². The van der Waals surface area contributed by atoms with Gasteiger partial charge in [-0.05, 0) is 25.1 Å². The number of nitrogens with zero attached hydrogens (tertiary/aromatic N) is 1. The third-order valence-electron chi connectivity index (χ3n) is 3.55. The topological polar surface area (TPSA) is 70.3 Å². The first-order chi connectivity index (χ1) is 9.75. The van der Waals surface area contributed by atoms with Crippen molar-refractivity contribution in [2.75, 3.05) is 19.6 Å². The lowest BCUT2D eigenvalue weighted by atomic mass is 10.0. The van der Waals surface area contributed by atoms with E-state index < -0.39 is 5.60 Å². The first-order valence-electron chi connectivity index (χ1n) is 6.89. The number of rotatable bonds is 5. The Morgan fingerprint density at radius 3 is 2.95 bits per heavy atom. The van der Waals surface area contributed by atoms with Crippen LogP contribution >= 0.6 is 0 Å². The van der Waals surface area contributed by atoms with E-state index in [2.05, 4.69) is 15.6 Å². The highest BCUT2D eigenvalue weighted by Crippen LogP contribution is 2.18. The summed E-state index contributed by atoms with van der Waals surface area (Å²) in [4.78, 5) is 4.44. The Bertz CT molecular complexity index is 547. The van der Waals surface area contributed by atoms with E-state index in [1.54, 1.807) is 6.26 Å². The minimum absolute atomic E-state index is 0.563. The van der Waals surface area contributed by atoms with Gasteiger partial charge in [0.1, 0.15) is 6.26 Å². The fraction of sp³-hybridized carbons (Fsp3) is 0.400. The molecule has 3 rings (SSSR count). The van der Waals surface area contributed by atoms with Crippen molar-refractivity contribution in [3.63, 3.8) is 0 Å². The molecule has 0 aliphatic carbocycles. The normalized spacial score (nSPS) is 22.2. The van der Waals surface area contributed by atoms with Crippen LogP contribution in [0.4, 0.5) is 0 Å². The van der Waals surface area contributed by atoms with Gasteiger partial charge in [-0.2, -0.15) is 0 Å². The second-order valence-corrected chi connectivity index (χ2v) is 5.26. The van der Waals surface area contributed by atoms with Gasteiger partial charge in [-0.15, -0.1) is 0 Å². The van der Waals surface area contributed by atoms with Gasteiger partial charge in [-0.1, -0.05) is 18.2 Å². The Labute approximate surface area is 118 Å². The molecule has 2 aromatic rings. The molecule has 1 aromatic carbocycles. The van der Waals surface area contributed by atoms with Gasteiger partial charge in [0.15, 0.2) is 0 Å². The van der Waals surface area contributed by atoms with Gasteiger partial charge in [0.25, 0.3) is 0 Å². The predicted octanol–water partition coefficient (Wildman–Crippen LogP) is 1.16. The molecule has 5 nitrogen and oxygen atoms in total. The second kappa shape index (κ2) is 5.75. The maximum absolute atomic E-state index is 10.2. The van der Waals surface area contributed by atoms with Crippen LogP contribution in [-0.4, -0.2) is 35.3 Å². The summed E-state index contributed by atoms with van der Waals surface area (Å²) in [5.41, 5.74) is 1.18. The molecule has 0 saturated carbocycles. The number of benzene rings is 1. The van der Waals surface area contributed by atoms with Crippen LogP contribution in [0.15, 0.2) is 41.0 Å². The van der Waals surface area contributed by atoms with Crippen molar-refractivity contribution in [2.45, 2.75) is 18.6 Å². The van der Waals surface area contributed by atoms with Crippen LogP contribution in [0, 0.1) is 0 Å². The number of nitrogens with one attached hydrogen (secondary N) is 2. The molecule has 3 N–H and O–H groups in total. The van der Waals surface area contributed by atoms with Crippen LogP contribution in [0.25, 0.3) is 11.5 Å². The zero-order valence-electron chi connectivity index (χ0n) is 11.3. The first-order valence-corrected chi connectivity index (χ1v) is 6.89. The van der Waals surface area contributed by atoms with Gasteiger partial charge in [0.05, 0.1) is 11.3 Å². The molecular weight excluding hydrogens is 254 g/mol. The number of aliphatic hydroxyl groups is 1. The summed E-state index contributed by atoms with van der Waals surface area (Å²) in [7, 11) is 0. The summed E-state index contributed by atoms with van der Waals surface area (Å²) in [6, 6.07) is 9.82. The minimum atomic E-state index is -0.633. The summed E-state index contributed by atoms with van der Waals surface area (Å²) in [6.45, 7) is 2.68. The number of oxazole rings is 1. The first kappa shape index (κ1) is 13.3. The Morgan fingerprint density at radius 1 is 1.35 bits per heavy atom. The van der Waals surface area contributed by atoms with Crippen molar-refractivity contribution < 1.29 is 9.52 Å². The molecule has 20 heavy (non-hydrogen) atoms. The van der Waals surface area contributed by atoms with Crippen LogP contribution in [0.1, 0.15) is 12.1 Å². The average molecular weight is 273 g/mol. The van der Waals surface area contributed by atoms with Crippen LogP contribution in [0.3, 0.4) is 0 Å². The Balaban J connectivity index is 1.55. The maximum atomic E-state index is 10.2. The molecule has 1 aromatic heterocycles. The highest BCUT2D eigenvalue weighted by molar-refractivity contribution is 5.52. The highest BCUT2D eigenvalue weighted by Gasteiger charge is 2.30. The Morgan fingerprint density at radius 2 is 2.20 bits per heavy atom. The van der Waals surface area contributed by atoms with E-state index >= 15 is 0 Å². The van der Waals surface area contributed by atoms with E-state index in [1.165, 1.54) is 0 Å². The van der Waals surface area contributed by atoms with E-state index in [1.807, 2.05) is 30.3 Å². The molecule has 0 radical (unpaired) electrons. The molecule has 1 atom stereocenters. The summed E-state index contributed by atoms with van der Waals surface area (Å²) in [5, 5.41) is 16.6. The van der Waals surface area contributed by atoms with Crippen molar-refractivity contribution in [1.29, 1.82) is 0 Å². The predicted molar refractivity (Wildman–Crippen MR) is 76.1 cm³/mol. The summed E-state index contributed by atoms with van der Waals surface area (Å²) in [6.07, 6.45) is 2.44. The zero-order chi connectivity index (χ0) is 13.8. The van der Waals surface area contributed by atoms with Gasteiger partial charge < -0.3 is 20.2 Å². The molecule has 0 spiro atoms. The standard InChI is InChI=1S/C15H19N3O2/c19-15(6-7-16-10-15)11-17-8-13-9-20-14(18-13)12-4-2-1-3-5-12/h1-5,9,16-17,19H,6-8,10-11H2/t15-/m1/s1. The smallest absolute Gasteiger partial charge is 0.226 e. The zero-order valence-corrected chi connectivity index (χ0v) is 11.3. The largest absolute Gasteiger partial charge is 0.444 e. The number of hydrogen-bond acceptors (Lipinski definition) is 5. The van der Waals surface area contributed by atoms with E-state index in [0.717, 1.165) is 24.2 Å². The maximum Gasteiger partial charge on any atom is 0.226 e. The monoisotopic (exact) mass is 273 g/mol. The van der Waals surface area contributed by atoms with Gasteiger partial charge in [0.2, 0.25) is 5.89 Å². The van der Waals surface area contributed by atoms with Crippen molar-refractivity contribution in [1.82, 2.24) is 15.6 Å². The number of β-amino-alcohol motifs (C(OH)–C–C–N with tert-alkyl or cyclic N) is 1. The van der Waals surface area contributed by atoms with Crippen molar-refractivity contribution >= 4 is 0 Å². The van der Waals surface area contributed by atoms with E-state index in [-0.39, 0.29) is 0 Å². The molecule has 1 aliphatic rings. The Hall–Kier alpha value is -1.69. The SMILES string of the molecule is O[C@]1(CNCc2coc(-c3ccccc3)n2)CCNC1. The van der Waals surface area contributed by atoms with E-state index in [0.29, 0.717) is 25.5 Å². The van der Waals surface area contributed by atoms with Gasteiger partial charge in [0, 0.05) is 25.2 Å². The number of aromatic nitrogens is 1. The Kier molecular flexibility index (Phi) is 3.82. The molecule has 106 valence electrons.